The highest BCUT2D eigenvalue weighted by atomic mass is 15.0. The Morgan fingerprint density at radius 3 is 1.64 bits per heavy atom. The molecule has 0 rings (SSSR count). The molecule has 2 N–H and O–H groups in total. The lowest BCUT2D eigenvalue weighted by Gasteiger charge is -2.00. The Bertz CT molecular complexity index is 49.5. The Morgan fingerprint density at radius 1 is 1.09 bits per heavy atom. The van der Waals surface area contributed by atoms with E-state index in [1.807, 2.05) is 0 Å². The van der Waals surface area contributed by atoms with Gasteiger partial charge in [-0.1, -0.05) is 26.7 Å². The zero-order valence-electron chi connectivity index (χ0n) is 8.56. The van der Waals surface area contributed by atoms with Crippen LogP contribution in [0.25, 0.3) is 0 Å². The quantitative estimate of drug-likeness (QED) is 0.634. The second-order valence-electron chi connectivity index (χ2n) is 2.89. The molecule has 70 valence electrons. The molecule has 0 aliphatic heterocycles. The molecule has 0 saturated carbocycles. The highest BCUT2D eigenvalue weighted by Crippen LogP contribution is 1.88. The van der Waals surface area contributed by atoms with Gasteiger partial charge in [0.2, 0.25) is 0 Å². The van der Waals surface area contributed by atoms with Crippen molar-refractivity contribution in [3.8, 4) is 0 Å². The first kappa shape index (κ1) is 13.5. The molecule has 0 atom stereocenters. The number of nitrogens with two attached hydrogens (primary N) is 1. The molecule has 2 heteroatoms. The molecule has 0 bridgehead atoms. The maximum atomic E-state index is 5.21. The van der Waals surface area contributed by atoms with E-state index in [2.05, 4.69) is 32.8 Å². The van der Waals surface area contributed by atoms with Gasteiger partial charge in [0, 0.05) is 0 Å². The third kappa shape index (κ3) is 25.7. The second kappa shape index (κ2) is 12.6. The van der Waals surface area contributed by atoms with Crippen LogP contribution in [0.15, 0.2) is 0 Å². The summed E-state index contributed by atoms with van der Waals surface area (Å²) in [5, 5.41) is 0. The molecule has 0 spiro atoms. The lowest BCUT2D eigenvalue weighted by atomic mass is 10.3. The van der Waals surface area contributed by atoms with E-state index in [1.54, 1.807) is 0 Å². The summed E-state index contributed by atoms with van der Waals surface area (Å²) < 4.78 is 0. The van der Waals surface area contributed by atoms with Crippen molar-refractivity contribution in [2.45, 2.75) is 33.1 Å². The van der Waals surface area contributed by atoms with Crippen molar-refractivity contribution in [2.24, 2.45) is 5.73 Å². The summed E-state index contributed by atoms with van der Waals surface area (Å²) >= 11 is 0. The minimum atomic E-state index is 0.855. The van der Waals surface area contributed by atoms with Gasteiger partial charge in [-0.2, -0.15) is 0 Å². The fourth-order valence-corrected chi connectivity index (χ4v) is 0.394. The van der Waals surface area contributed by atoms with E-state index >= 15 is 0 Å². The van der Waals surface area contributed by atoms with E-state index < -0.39 is 0 Å². The Labute approximate surface area is 71.8 Å². The minimum Gasteiger partial charge on any atom is -0.330 e. The van der Waals surface area contributed by atoms with E-state index in [0.717, 1.165) is 13.1 Å². The molecule has 0 aromatic carbocycles. The molecule has 0 fully saturated rings. The van der Waals surface area contributed by atoms with Gasteiger partial charge in [0.15, 0.2) is 0 Å². The van der Waals surface area contributed by atoms with E-state index in [0.29, 0.717) is 0 Å². The molecule has 0 saturated heterocycles. The van der Waals surface area contributed by atoms with Crippen LogP contribution in [0, 0.1) is 0 Å². The first-order valence-corrected chi connectivity index (χ1v) is 4.53. The van der Waals surface area contributed by atoms with E-state index in [9.17, 15) is 0 Å². The van der Waals surface area contributed by atoms with E-state index in [-0.39, 0.29) is 0 Å². The molecule has 0 radical (unpaired) electrons. The van der Waals surface area contributed by atoms with Gasteiger partial charge in [0.1, 0.15) is 0 Å². The monoisotopic (exact) mass is 160 g/mol. The van der Waals surface area contributed by atoms with Crippen molar-refractivity contribution in [1.29, 1.82) is 0 Å². The second-order valence-corrected chi connectivity index (χ2v) is 2.89. The first-order chi connectivity index (χ1) is 5.18. The fourth-order valence-electron chi connectivity index (χ4n) is 0.394. The first-order valence-electron chi connectivity index (χ1n) is 4.53. The van der Waals surface area contributed by atoms with Gasteiger partial charge in [0.05, 0.1) is 0 Å². The van der Waals surface area contributed by atoms with E-state index in [1.165, 1.54) is 19.3 Å². The molecular formula is C9H24N2. The van der Waals surface area contributed by atoms with Crippen LogP contribution < -0.4 is 5.73 Å². The van der Waals surface area contributed by atoms with Crippen LogP contribution in [0.4, 0.5) is 0 Å². The Morgan fingerprint density at radius 2 is 1.55 bits per heavy atom. The summed E-state index contributed by atoms with van der Waals surface area (Å²) in [6.07, 6.45) is 3.75. The molecule has 0 aliphatic carbocycles. The van der Waals surface area contributed by atoms with Crippen molar-refractivity contribution >= 4 is 0 Å². The molecular weight excluding hydrogens is 136 g/mol. The van der Waals surface area contributed by atoms with Crippen LogP contribution in [0.3, 0.4) is 0 Å². The summed E-state index contributed by atoms with van der Waals surface area (Å²) in [6.45, 7) is 6.30. The largest absolute Gasteiger partial charge is 0.330 e. The van der Waals surface area contributed by atoms with Crippen LogP contribution in [-0.4, -0.2) is 32.1 Å². The molecule has 0 aromatic heterocycles. The number of hydrogen-bond acceptors (Lipinski definition) is 2. The lowest BCUT2D eigenvalue weighted by molar-refractivity contribution is 0.434. The van der Waals surface area contributed by atoms with Crippen molar-refractivity contribution in [1.82, 2.24) is 4.90 Å². The van der Waals surface area contributed by atoms with Crippen molar-refractivity contribution in [3.63, 3.8) is 0 Å². The minimum absolute atomic E-state index is 0.855. The van der Waals surface area contributed by atoms with Crippen LogP contribution in [0.1, 0.15) is 33.1 Å². The van der Waals surface area contributed by atoms with Gasteiger partial charge >= 0.3 is 0 Å². The lowest BCUT2D eigenvalue weighted by Crippen LogP contribution is -2.08. The van der Waals surface area contributed by atoms with Crippen LogP contribution in [0.2, 0.25) is 0 Å². The molecule has 0 aliphatic rings. The van der Waals surface area contributed by atoms with Crippen LogP contribution in [-0.2, 0) is 0 Å². The molecule has 0 amide bonds. The Hall–Kier alpha value is -0.0800. The number of unbranched alkanes of at least 4 members (excludes halogenated alkanes) is 2. The smallest absolute Gasteiger partial charge is 0.00533 e. The third-order valence-electron chi connectivity index (χ3n) is 1.44. The average Bonchev–Trinajstić information content (AvgIpc) is 2.02. The number of rotatable bonds is 4. The Balaban J connectivity index is 0. The summed E-state index contributed by atoms with van der Waals surface area (Å²) in [5.74, 6) is 0. The van der Waals surface area contributed by atoms with Crippen molar-refractivity contribution in [3.05, 3.63) is 0 Å². The zero-order chi connectivity index (χ0) is 9.11. The normalized spacial score (nSPS) is 9.27. The summed E-state index contributed by atoms with van der Waals surface area (Å²) in [5.41, 5.74) is 5.21. The van der Waals surface area contributed by atoms with Gasteiger partial charge in [-0.05, 0) is 33.6 Å². The summed E-state index contributed by atoms with van der Waals surface area (Å²) in [7, 11) is 4.11. The Kier molecular flexibility index (Phi) is 15.4. The summed E-state index contributed by atoms with van der Waals surface area (Å²) in [6, 6.07) is 0. The van der Waals surface area contributed by atoms with Crippen LogP contribution >= 0.6 is 0 Å². The van der Waals surface area contributed by atoms with Gasteiger partial charge in [0.25, 0.3) is 0 Å². The predicted octanol–water partition coefficient (Wildman–Crippen LogP) is 1.70. The molecule has 0 unspecified atom stereocenters. The molecule has 0 aromatic rings. The zero-order valence-corrected chi connectivity index (χ0v) is 8.56. The van der Waals surface area contributed by atoms with Crippen molar-refractivity contribution < 1.29 is 0 Å². The van der Waals surface area contributed by atoms with Crippen LogP contribution in [0.5, 0.6) is 0 Å². The topological polar surface area (TPSA) is 29.3 Å². The fraction of sp³-hybridized carbons (Fsp3) is 1.00. The maximum Gasteiger partial charge on any atom is -0.00533 e. The summed E-state index contributed by atoms with van der Waals surface area (Å²) in [4.78, 5) is 2.12. The van der Waals surface area contributed by atoms with Gasteiger partial charge in [-0.15, -0.1) is 0 Å². The number of hydrogen-bond donors (Lipinski definition) is 1. The maximum absolute atomic E-state index is 5.21. The van der Waals surface area contributed by atoms with Gasteiger partial charge in [-0.3, -0.25) is 0 Å². The molecule has 2 nitrogen and oxygen atoms in total. The third-order valence-corrected chi connectivity index (χ3v) is 1.44. The molecule has 0 heterocycles. The van der Waals surface area contributed by atoms with Crippen molar-refractivity contribution in [2.75, 3.05) is 27.2 Å². The standard InChI is InChI=1S/C5H13N.C4H11N/c1-2-3-4-5-6;1-4-5(2)3/h2-6H2,1H3;4H2,1-3H3. The van der Waals surface area contributed by atoms with Gasteiger partial charge < -0.3 is 10.6 Å². The average molecular weight is 160 g/mol. The highest BCUT2D eigenvalue weighted by Gasteiger charge is 1.75. The molecule has 11 heavy (non-hydrogen) atoms. The van der Waals surface area contributed by atoms with Gasteiger partial charge in [-0.25, -0.2) is 0 Å². The SMILES string of the molecule is CCCCCN.CCN(C)C. The predicted molar refractivity (Wildman–Crippen MR) is 52.8 cm³/mol. The number of nitrogens with zero attached hydrogens (tertiary/aromatic N) is 1. The highest BCUT2D eigenvalue weighted by molar-refractivity contribution is 4.35. The van der Waals surface area contributed by atoms with E-state index in [4.69, 9.17) is 5.73 Å².